The van der Waals surface area contributed by atoms with E-state index in [4.69, 9.17) is 4.74 Å². The summed E-state index contributed by atoms with van der Waals surface area (Å²) in [5.74, 6) is 0.0610. The van der Waals surface area contributed by atoms with Crippen molar-refractivity contribution in [1.29, 1.82) is 0 Å². The third-order valence-electron chi connectivity index (χ3n) is 3.92. The van der Waals surface area contributed by atoms with Gasteiger partial charge in [0.2, 0.25) is 15.9 Å². The highest BCUT2D eigenvalue weighted by Gasteiger charge is 2.17. The van der Waals surface area contributed by atoms with E-state index >= 15 is 0 Å². The van der Waals surface area contributed by atoms with Crippen molar-refractivity contribution in [3.05, 3.63) is 29.8 Å². The second-order valence-electron chi connectivity index (χ2n) is 5.80. The van der Waals surface area contributed by atoms with E-state index in [1.807, 2.05) is 0 Å². The lowest BCUT2D eigenvalue weighted by Crippen LogP contribution is -2.25. The van der Waals surface area contributed by atoms with E-state index in [-0.39, 0.29) is 10.8 Å². The summed E-state index contributed by atoms with van der Waals surface area (Å²) in [5.41, 5.74) is 1.76. The average Bonchev–Trinajstić information content (AvgIpc) is 2.55. The SMILES string of the molecule is COc1cc(S(=O)(=O)NCCC2=CCCCC2)ccc1NC(C)=O. The Kier molecular flexibility index (Phi) is 6.39. The smallest absolute Gasteiger partial charge is 0.240 e. The molecular weight excluding hydrogens is 328 g/mol. The number of anilines is 1. The molecule has 1 aromatic carbocycles. The third kappa shape index (κ3) is 5.07. The van der Waals surface area contributed by atoms with Crippen LogP contribution in [-0.2, 0) is 14.8 Å². The molecule has 2 N–H and O–H groups in total. The molecule has 24 heavy (non-hydrogen) atoms. The first kappa shape index (κ1) is 18.5. The number of ether oxygens (including phenoxy) is 1. The summed E-state index contributed by atoms with van der Waals surface area (Å²) in [5, 5.41) is 2.60. The Balaban J connectivity index is 2.05. The number of hydrogen-bond donors (Lipinski definition) is 2. The number of carbonyl (C=O) groups excluding carboxylic acids is 1. The van der Waals surface area contributed by atoms with Gasteiger partial charge in [-0.15, -0.1) is 0 Å². The summed E-state index contributed by atoms with van der Waals surface area (Å²) in [6.45, 7) is 1.76. The van der Waals surface area contributed by atoms with Gasteiger partial charge in [0.1, 0.15) is 5.75 Å². The molecule has 0 aliphatic heterocycles. The lowest BCUT2D eigenvalue weighted by molar-refractivity contribution is -0.114. The molecule has 1 amide bonds. The normalized spacial score (nSPS) is 14.8. The highest BCUT2D eigenvalue weighted by molar-refractivity contribution is 7.89. The Morgan fingerprint density at radius 1 is 1.29 bits per heavy atom. The van der Waals surface area contributed by atoms with Crippen molar-refractivity contribution in [2.24, 2.45) is 0 Å². The number of benzene rings is 1. The van der Waals surface area contributed by atoms with Gasteiger partial charge in [0, 0.05) is 19.5 Å². The van der Waals surface area contributed by atoms with Crippen LogP contribution in [0.4, 0.5) is 5.69 Å². The molecule has 0 heterocycles. The quantitative estimate of drug-likeness (QED) is 0.739. The molecule has 0 saturated carbocycles. The second kappa shape index (κ2) is 8.30. The predicted octanol–water partition coefficient (Wildman–Crippen LogP) is 2.82. The summed E-state index contributed by atoms with van der Waals surface area (Å²) in [7, 11) is -2.18. The fraction of sp³-hybridized carbons (Fsp3) is 0.471. The van der Waals surface area contributed by atoms with Gasteiger partial charge in [0.15, 0.2) is 0 Å². The first-order chi connectivity index (χ1) is 11.4. The Morgan fingerprint density at radius 2 is 2.08 bits per heavy atom. The van der Waals surface area contributed by atoms with Crippen LogP contribution in [0.2, 0.25) is 0 Å². The predicted molar refractivity (Wildman–Crippen MR) is 93.7 cm³/mol. The molecule has 0 bridgehead atoms. The molecule has 0 spiro atoms. The third-order valence-corrected chi connectivity index (χ3v) is 5.38. The van der Waals surface area contributed by atoms with Crippen molar-refractivity contribution in [3.8, 4) is 5.75 Å². The Labute approximate surface area is 143 Å². The summed E-state index contributed by atoms with van der Waals surface area (Å²) < 4.78 is 32.6. The highest BCUT2D eigenvalue weighted by atomic mass is 32.2. The molecule has 1 aliphatic carbocycles. The molecule has 1 aromatic rings. The summed E-state index contributed by atoms with van der Waals surface area (Å²) in [6.07, 6.45) is 7.49. The molecule has 0 atom stereocenters. The van der Waals surface area contributed by atoms with Crippen molar-refractivity contribution >= 4 is 21.6 Å². The van der Waals surface area contributed by atoms with Gasteiger partial charge in [-0.3, -0.25) is 4.79 Å². The Hall–Kier alpha value is -1.86. The van der Waals surface area contributed by atoms with Crippen molar-refractivity contribution in [1.82, 2.24) is 4.72 Å². The fourth-order valence-electron chi connectivity index (χ4n) is 2.69. The largest absolute Gasteiger partial charge is 0.495 e. The molecule has 0 saturated heterocycles. The molecule has 132 valence electrons. The number of allylic oxidation sites excluding steroid dienone is 1. The van der Waals surface area contributed by atoms with Gasteiger partial charge in [0.05, 0.1) is 17.7 Å². The van der Waals surface area contributed by atoms with Crippen molar-refractivity contribution in [3.63, 3.8) is 0 Å². The minimum Gasteiger partial charge on any atom is -0.495 e. The van der Waals surface area contributed by atoms with Crippen LogP contribution in [0.1, 0.15) is 39.0 Å². The maximum Gasteiger partial charge on any atom is 0.240 e. The lowest BCUT2D eigenvalue weighted by atomic mass is 9.97. The maximum absolute atomic E-state index is 12.4. The minimum atomic E-state index is -3.61. The van der Waals surface area contributed by atoms with E-state index in [0.717, 1.165) is 19.3 Å². The van der Waals surface area contributed by atoms with E-state index in [0.29, 0.717) is 18.0 Å². The summed E-state index contributed by atoms with van der Waals surface area (Å²) >= 11 is 0. The van der Waals surface area contributed by atoms with Gasteiger partial charge >= 0.3 is 0 Å². The van der Waals surface area contributed by atoms with Crippen LogP contribution in [-0.4, -0.2) is 28.0 Å². The van der Waals surface area contributed by atoms with Gasteiger partial charge in [-0.05, 0) is 44.2 Å². The van der Waals surface area contributed by atoms with Crippen LogP contribution in [0.15, 0.2) is 34.7 Å². The topological polar surface area (TPSA) is 84.5 Å². The molecule has 0 fully saturated rings. The van der Waals surface area contributed by atoms with E-state index in [1.54, 1.807) is 0 Å². The highest BCUT2D eigenvalue weighted by Crippen LogP contribution is 2.27. The second-order valence-corrected chi connectivity index (χ2v) is 7.57. The number of sulfonamides is 1. The van der Waals surface area contributed by atoms with Crippen molar-refractivity contribution in [2.75, 3.05) is 19.0 Å². The van der Waals surface area contributed by atoms with Crippen LogP contribution < -0.4 is 14.8 Å². The van der Waals surface area contributed by atoms with E-state index in [1.165, 1.54) is 50.6 Å². The van der Waals surface area contributed by atoms with Crippen molar-refractivity contribution < 1.29 is 17.9 Å². The zero-order valence-corrected chi connectivity index (χ0v) is 14.9. The monoisotopic (exact) mass is 352 g/mol. The average molecular weight is 352 g/mol. The number of hydrogen-bond acceptors (Lipinski definition) is 4. The van der Waals surface area contributed by atoms with Crippen molar-refractivity contribution in [2.45, 2.75) is 43.9 Å². The van der Waals surface area contributed by atoms with Gasteiger partial charge in [-0.25, -0.2) is 13.1 Å². The molecule has 0 unspecified atom stereocenters. The van der Waals surface area contributed by atoms with Crippen LogP contribution in [0, 0.1) is 0 Å². The molecule has 1 aliphatic rings. The molecule has 2 rings (SSSR count). The summed E-state index contributed by atoms with van der Waals surface area (Å²) in [6, 6.07) is 4.39. The van der Waals surface area contributed by atoms with Crippen LogP contribution >= 0.6 is 0 Å². The standard InChI is InChI=1S/C17H24N2O4S/c1-13(20)19-16-9-8-15(12-17(16)23-2)24(21,22)18-11-10-14-6-4-3-5-7-14/h6,8-9,12,18H,3-5,7,10-11H2,1-2H3,(H,19,20). The van der Waals surface area contributed by atoms with E-state index in [9.17, 15) is 13.2 Å². The maximum atomic E-state index is 12.4. The molecule has 0 radical (unpaired) electrons. The van der Waals surface area contributed by atoms with Gasteiger partial charge in [0.25, 0.3) is 0 Å². The van der Waals surface area contributed by atoms with E-state index in [2.05, 4.69) is 16.1 Å². The zero-order chi connectivity index (χ0) is 17.6. The first-order valence-corrected chi connectivity index (χ1v) is 9.54. The zero-order valence-electron chi connectivity index (χ0n) is 14.1. The molecule has 6 nitrogen and oxygen atoms in total. The van der Waals surface area contributed by atoms with Gasteiger partial charge < -0.3 is 10.1 Å². The summed E-state index contributed by atoms with van der Waals surface area (Å²) in [4.78, 5) is 11.3. The molecule has 7 heteroatoms. The number of carbonyl (C=O) groups is 1. The van der Waals surface area contributed by atoms with Gasteiger partial charge in [-0.2, -0.15) is 0 Å². The number of nitrogens with one attached hydrogen (secondary N) is 2. The van der Waals surface area contributed by atoms with E-state index < -0.39 is 10.0 Å². The minimum absolute atomic E-state index is 0.117. The van der Waals surface area contributed by atoms with Crippen LogP contribution in [0.5, 0.6) is 5.75 Å². The number of rotatable bonds is 7. The Bertz CT molecular complexity index is 726. The Morgan fingerprint density at radius 3 is 2.71 bits per heavy atom. The first-order valence-electron chi connectivity index (χ1n) is 8.05. The fourth-order valence-corrected chi connectivity index (χ4v) is 3.74. The van der Waals surface area contributed by atoms with Gasteiger partial charge in [-0.1, -0.05) is 11.6 Å². The lowest BCUT2D eigenvalue weighted by Gasteiger charge is -2.14. The van der Waals surface area contributed by atoms with Crippen LogP contribution in [0.25, 0.3) is 0 Å². The molecular formula is C17H24N2O4S. The molecule has 0 aromatic heterocycles. The van der Waals surface area contributed by atoms with Crippen LogP contribution in [0.3, 0.4) is 0 Å². The number of amides is 1. The number of methoxy groups -OCH3 is 1.